The fourth-order valence-corrected chi connectivity index (χ4v) is 1.77. The molecule has 0 radical (unpaired) electrons. The number of nitrogen functional groups attached to an aromatic ring is 1. The van der Waals surface area contributed by atoms with Gasteiger partial charge < -0.3 is 10.5 Å². The summed E-state index contributed by atoms with van der Waals surface area (Å²) >= 11 is 1.60. The molecule has 82 valence electrons. The number of aromatic nitrogens is 2. The molecule has 0 saturated heterocycles. The van der Waals surface area contributed by atoms with Gasteiger partial charge in [-0.25, -0.2) is 9.97 Å². The molecule has 16 heavy (non-hydrogen) atoms. The van der Waals surface area contributed by atoms with Crippen molar-refractivity contribution in [2.24, 2.45) is 5.73 Å². The lowest BCUT2D eigenvalue weighted by Crippen LogP contribution is -2.15. The van der Waals surface area contributed by atoms with Crippen LogP contribution in [0.5, 0.6) is 5.88 Å². The van der Waals surface area contributed by atoms with Gasteiger partial charge in [0.15, 0.2) is 5.69 Å². The van der Waals surface area contributed by atoms with E-state index >= 15 is 0 Å². The number of hydrogen-bond acceptors (Lipinski definition) is 5. The summed E-state index contributed by atoms with van der Waals surface area (Å²) in [6.07, 6.45) is 2.99. The molecule has 0 aliphatic carbocycles. The van der Waals surface area contributed by atoms with Gasteiger partial charge in [-0.1, -0.05) is 6.07 Å². The number of rotatable bonds is 4. The first-order chi connectivity index (χ1) is 7.77. The summed E-state index contributed by atoms with van der Waals surface area (Å²) in [6.45, 7) is 0.413. The highest BCUT2D eigenvalue weighted by atomic mass is 32.1. The fraction of sp³-hybridized carbons (Fsp3) is 0.100. The molecule has 2 heterocycles. The molecule has 0 fully saturated rings. The third-order valence-electron chi connectivity index (χ3n) is 1.85. The van der Waals surface area contributed by atoms with Gasteiger partial charge in [0, 0.05) is 17.3 Å². The van der Waals surface area contributed by atoms with Gasteiger partial charge in [0.05, 0.1) is 0 Å². The van der Waals surface area contributed by atoms with E-state index in [1.165, 1.54) is 12.4 Å². The van der Waals surface area contributed by atoms with Crippen molar-refractivity contribution in [3.05, 3.63) is 40.5 Å². The number of thiophene rings is 1. The van der Waals surface area contributed by atoms with Gasteiger partial charge >= 0.3 is 0 Å². The second-order valence-corrected chi connectivity index (χ2v) is 4.02. The largest absolute Gasteiger partial charge is 0.470 e. The molecule has 0 aliphatic heterocycles. The SMILES string of the molecule is N=C(N)c1nccnc1OCc1cccs1. The van der Waals surface area contributed by atoms with Gasteiger partial charge in [-0.05, 0) is 11.4 Å². The van der Waals surface area contributed by atoms with Crippen LogP contribution in [0.1, 0.15) is 10.6 Å². The Bertz CT molecular complexity index is 483. The quantitative estimate of drug-likeness (QED) is 0.618. The molecule has 0 atom stereocenters. The summed E-state index contributed by atoms with van der Waals surface area (Å²) < 4.78 is 5.46. The van der Waals surface area contributed by atoms with E-state index in [4.69, 9.17) is 15.9 Å². The Balaban J connectivity index is 2.12. The first kappa shape index (κ1) is 10.6. The normalized spacial score (nSPS) is 10.0. The maximum Gasteiger partial charge on any atom is 0.244 e. The zero-order valence-corrected chi connectivity index (χ0v) is 9.20. The van der Waals surface area contributed by atoms with Crippen LogP contribution in [0.25, 0.3) is 0 Å². The van der Waals surface area contributed by atoms with Crippen molar-refractivity contribution in [2.75, 3.05) is 0 Å². The predicted octanol–water partition coefficient (Wildman–Crippen LogP) is 1.40. The monoisotopic (exact) mass is 234 g/mol. The van der Waals surface area contributed by atoms with Gasteiger partial charge in [-0.15, -0.1) is 11.3 Å². The average Bonchev–Trinajstić information content (AvgIpc) is 2.79. The topological polar surface area (TPSA) is 84.9 Å². The van der Waals surface area contributed by atoms with Gasteiger partial charge in [-0.2, -0.15) is 0 Å². The highest BCUT2D eigenvalue weighted by Crippen LogP contribution is 2.15. The van der Waals surface area contributed by atoms with Crippen molar-refractivity contribution in [3.63, 3.8) is 0 Å². The smallest absolute Gasteiger partial charge is 0.244 e. The lowest BCUT2D eigenvalue weighted by Gasteiger charge is -2.06. The predicted molar refractivity (Wildman–Crippen MR) is 61.7 cm³/mol. The summed E-state index contributed by atoms with van der Waals surface area (Å²) in [7, 11) is 0. The molecule has 0 aromatic carbocycles. The molecule has 0 saturated carbocycles. The number of hydrogen-bond donors (Lipinski definition) is 2. The Morgan fingerprint density at radius 1 is 1.44 bits per heavy atom. The molecular weight excluding hydrogens is 224 g/mol. The minimum atomic E-state index is -0.144. The third kappa shape index (κ3) is 2.34. The Kier molecular flexibility index (Phi) is 3.11. The molecule has 2 rings (SSSR count). The standard InChI is InChI=1S/C10H10N4OS/c11-9(12)8-10(14-4-3-13-8)15-6-7-2-1-5-16-7/h1-5H,6H2,(H3,11,12). The van der Waals surface area contributed by atoms with Crippen LogP contribution in [-0.2, 0) is 6.61 Å². The number of ether oxygens (including phenoxy) is 1. The van der Waals surface area contributed by atoms with Gasteiger partial charge in [-0.3, -0.25) is 5.41 Å². The van der Waals surface area contributed by atoms with Crippen molar-refractivity contribution in [1.29, 1.82) is 5.41 Å². The van der Waals surface area contributed by atoms with Crippen LogP contribution in [0.4, 0.5) is 0 Å². The van der Waals surface area contributed by atoms with Crippen LogP contribution in [-0.4, -0.2) is 15.8 Å². The van der Waals surface area contributed by atoms with E-state index in [1.54, 1.807) is 11.3 Å². The molecule has 0 aliphatic rings. The molecule has 0 spiro atoms. The first-order valence-corrected chi connectivity index (χ1v) is 5.46. The van der Waals surface area contributed by atoms with E-state index in [9.17, 15) is 0 Å². The van der Waals surface area contributed by atoms with Crippen molar-refractivity contribution < 1.29 is 4.74 Å². The number of amidine groups is 1. The van der Waals surface area contributed by atoms with E-state index < -0.39 is 0 Å². The fourth-order valence-electron chi connectivity index (χ4n) is 1.15. The first-order valence-electron chi connectivity index (χ1n) is 4.58. The maximum absolute atomic E-state index is 7.33. The Hall–Kier alpha value is -1.95. The van der Waals surface area contributed by atoms with Crippen LogP contribution >= 0.6 is 11.3 Å². The highest BCUT2D eigenvalue weighted by Gasteiger charge is 2.09. The number of nitrogens with two attached hydrogens (primary N) is 1. The van der Waals surface area contributed by atoms with E-state index in [1.807, 2.05) is 17.5 Å². The van der Waals surface area contributed by atoms with Crippen LogP contribution in [0, 0.1) is 5.41 Å². The van der Waals surface area contributed by atoms with Crippen LogP contribution < -0.4 is 10.5 Å². The summed E-state index contributed by atoms with van der Waals surface area (Å²) in [4.78, 5) is 9.03. The molecule has 0 unspecified atom stereocenters. The summed E-state index contributed by atoms with van der Waals surface area (Å²) in [5, 5.41) is 9.30. The molecule has 6 heteroatoms. The van der Waals surface area contributed by atoms with Crippen molar-refractivity contribution in [3.8, 4) is 5.88 Å². The van der Waals surface area contributed by atoms with Gasteiger partial charge in [0.25, 0.3) is 0 Å². The van der Waals surface area contributed by atoms with Crippen molar-refractivity contribution in [2.45, 2.75) is 6.61 Å². The second-order valence-electron chi connectivity index (χ2n) is 2.99. The molecule has 2 aromatic heterocycles. The van der Waals surface area contributed by atoms with E-state index in [2.05, 4.69) is 9.97 Å². The zero-order valence-electron chi connectivity index (χ0n) is 8.38. The minimum absolute atomic E-state index is 0.144. The molecule has 5 nitrogen and oxygen atoms in total. The Morgan fingerprint density at radius 2 is 2.25 bits per heavy atom. The van der Waals surface area contributed by atoms with Crippen LogP contribution in [0.15, 0.2) is 29.9 Å². The zero-order chi connectivity index (χ0) is 11.4. The van der Waals surface area contributed by atoms with E-state index in [0.717, 1.165) is 4.88 Å². The molecule has 0 amide bonds. The van der Waals surface area contributed by atoms with E-state index in [0.29, 0.717) is 12.5 Å². The van der Waals surface area contributed by atoms with Crippen molar-refractivity contribution >= 4 is 17.2 Å². The Morgan fingerprint density at radius 3 is 2.94 bits per heavy atom. The Labute approximate surface area is 96.4 Å². The lowest BCUT2D eigenvalue weighted by molar-refractivity contribution is 0.295. The summed E-state index contributed by atoms with van der Waals surface area (Å²) in [5.41, 5.74) is 5.64. The third-order valence-corrected chi connectivity index (χ3v) is 2.70. The maximum atomic E-state index is 7.33. The number of nitrogens with one attached hydrogen (secondary N) is 1. The number of nitrogens with zero attached hydrogens (tertiary/aromatic N) is 2. The van der Waals surface area contributed by atoms with Crippen molar-refractivity contribution in [1.82, 2.24) is 9.97 Å². The average molecular weight is 234 g/mol. The van der Waals surface area contributed by atoms with Crippen LogP contribution in [0.3, 0.4) is 0 Å². The molecule has 2 aromatic rings. The lowest BCUT2D eigenvalue weighted by atomic mass is 10.4. The van der Waals surface area contributed by atoms with Gasteiger partial charge in [0.2, 0.25) is 5.88 Å². The van der Waals surface area contributed by atoms with Gasteiger partial charge in [0.1, 0.15) is 12.4 Å². The molecule has 0 bridgehead atoms. The highest BCUT2D eigenvalue weighted by molar-refractivity contribution is 7.09. The van der Waals surface area contributed by atoms with E-state index in [-0.39, 0.29) is 11.5 Å². The molecular formula is C10H10N4OS. The second kappa shape index (κ2) is 4.71. The summed E-state index contributed by atoms with van der Waals surface area (Å²) in [6, 6.07) is 3.92. The molecule has 3 N–H and O–H groups in total. The summed E-state index contributed by atoms with van der Waals surface area (Å²) in [5.74, 6) is 0.151. The minimum Gasteiger partial charge on any atom is -0.470 e. The van der Waals surface area contributed by atoms with Crippen LogP contribution in [0.2, 0.25) is 0 Å².